The minimum absolute atomic E-state index is 0.252. The second-order valence-electron chi connectivity index (χ2n) is 4.04. The van der Waals surface area contributed by atoms with Crippen LogP contribution in [0.15, 0.2) is 12.1 Å². The highest BCUT2D eigenvalue weighted by molar-refractivity contribution is 5.80. The molecular formula is C13H19NO5. The second kappa shape index (κ2) is 7.08. The van der Waals surface area contributed by atoms with E-state index < -0.39 is 12.2 Å². The number of hydrogen-bond donors (Lipinski definition) is 3. The molecule has 2 atom stereocenters. The third-order valence-electron chi connectivity index (χ3n) is 2.85. The van der Waals surface area contributed by atoms with Gasteiger partial charge in [-0.2, -0.15) is 0 Å². The minimum atomic E-state index is -1.16. The van der Waals surface area contributed by atoms with Crippen molar-refractivity contribution in [3.8, 4) is 11.5 Å². The number of methoxy groups -OCH3 is 2. The Morgan fingerprint density at radius 1 is 1.26 bits per heavy atom. The Labute approximate surface area is 111 Å². The molecule has 0 spiro atoms. The first-order valence-corrected chi connectivity index (χ1v) is 5.86. The number of aliphatic hydroxyl groups is 2. The monoisotopic (exact) mass is 269 g/mol. The van der Waals surface area contributed by atoms with Crippen molar-refractivity contribution in [2.24, 2.45) is 5.73 Å². The van der Waals surface area contributed by atoms with Crippen LogP contribution in [-0.4, -0.2) is 43.4 Å². The fraction of sp³-hybridized carbons (Fsp3) is 0.462. The molecule has 0 aliphatic carbocycles. The first kappa shape index (κ1) is 15.4. The van der Waals surface area contributed by atoms with Crippen molar-refractivity contribution in [2.75, 3.05) is 20.8 Å². The third kappa shape index (κ3) is 3.44. The summed E-state index contributed by atoms with van der Waals surface area (Å²) in [7, 11) is 2.84. The van der Waals surface area contributed by atoms with E-state index >= 15 is 0 Å². The number of rotatable bonds is 7. The Morgan fingerprint density at radius 2 is 1.89 bits per heavy atom. The molecule has 0 amide bonds. The summed E-state index contributed by atoms with van der Waals surface area (Å²) < 4.78 is 10.2. The Morgan fingerprint density at radius 3 is 2.37 bits per heavy atom. The number of aliphatic hydroxyl groups excluding tert-OH is 2. The van der Waals surface area contributed by atoms with Gasteiger partial charge >= 0.3 is 0 Å². The van der Waals surface area contributed by atoms with Gasteiger partial charge in [-0.05, 0) is 25.1 Å². The zero-order valence-corrected chi connectivity index (χ0v) is 11.0. The van der Waals surface area contributed by atoms with E-state index in [1.54, 1.807) is 0 Å². The number of carbonyl (C=O) groups excluding carboxylic acids is 1. The van der Waals surface area contributed by atoms with Crippen LogP contribution < -0.4 is 15.2 Å². The SMILES string of the molecule is COc1cc(C(O)C(O)CCN)c(OC)cc1C=O. The fourth-order valence-corrected chi connectivity index (χ4v) is 1.80. The van der Waals surface area contributed by atoms with Gasteiger partial charge in [0.1, 0.15) is 17.6 Å². The highest BCUT2D eigenvalue weighted by Crippen LogP contribution is 2.34. The molecule has 0 saturated carbocycles. The lowest BCUT2D eigenvalue weighted by atomic mass is 9.99. The lowest BCUT2D eigenvalue weighted by Gasteiger charge is -2.21. The standard InChI is InChI=1S/C13H19NO5/c1-18-11-6-9(13(17)10(16)3-4-14)12(19-2)5-8(11)7-15/h5-7,10,13,16-17H,3-4,14H2,1-2H3. The first-order valence-electron chi connectivity index (χ1n) is 5.86. The number of aldehydes is 1. The summed E-state index contributed by atoms with van der Waals surface area (Å²) in [5.74, 6) is 0.622. The summed E-state index contributed by atoms with van der Waals surface area (Å²) in [5.41, 5.74) is 6.01. The maximum absolute atomic E-state index is 10.9. The number of carbonyl (C=O) groups is 1. The van der Waals surface area contributed by atoms with Gasteiger partial charge in [0.2, 0.25) is 0 Å². The van der Waals surface area contributed by atoms with Gasteiger partial charge in [0.05, 0.1) is 25.9 Å². The molecule has 0 saturated heterocycles. The molecule has 106 valence electrons. The Balaban J connectivity index is 3.21. The number of hydrogen-bond acceptors (Lipinski definition) is 6. The molecule has 0 fully saturated rings. The van der Waals surface area contributed by atoms with Crippen molar-refractivity contribution in [2.45, 2.75) is 18.6 Å². The van der Waals surface area contributed by atoms with Crippen molar-refractivity contribution in [1.29, 1.82) is 0 Å². The predicted octanol–water partition coefficient (Wildman–Crippen LogP) is 0.259. The van der Waals surface area contributed by atoms with Gasteiger partial charge < -0.3 is 25.4 Å². The maximum Gasteiger partial charge on any atom is 0.153 e. The molecule has 0 radical (unpaired) electrons. The van der Waals surface area contributed by atoms with Crippen molar-refractivity contribution in [1.82, 2.24) is 0 Å². The largest absolute Gasteiger partial charge is 0.496 e. The summed E-state index contributed by atoms with van der Waals surface area (Å²) in [6, 6.07) is 2.94. The molecular weight excluding hydrogens is 250 g/mol. The molecule has 0 bridgehead atoms. The van der Waals surface area contributed by atoms with Crippen LogP contribution >= 0.6 is 0 Å². The van der Waals surface area contributed by atoms with Gasteiger partial charge in [0.15, 0.2) is 6.29 Å². The summed E-state index contributed by atoms with van der Waals surface area (Å²) in [5, 5.41) is 19.9. The van der Waals surface area contributed by atoms with Crippen LogP contribution in [0, 0.1) is 0 Å². The van der Waals surface area contributed by atoms with Crippen molar-refractivity contribution < 1.29 is 24.5 Å². The molecule has 1 aromatic rings. The highest BCUT2D eigenvalue weighted by Gasteiger charge is 2.23. The molecule has 19 heavy (non-hydrogen) atoms. The zero-order valence-electron chi connectivity index (χ0n) is 11.0. The lowest BCUT2D eigenvalue weighted by Crippen LogP contribution is -2.22. The van der Waals surface area contributed by atoms with Crippen molar-refractivity contribution in [3.05, 3.63) is 23.3 Å². The Hall–Kier alpha value is -1.63. The molecule has 0 aliphatic heterocycles. The van der Waals surface area contributed by atoms with Gasteiger partial charge in [-0.15, -0.1) is 0 Å². The van der Waals surface area contributed by atoms with E-state index in [-0.39, 0.29) is 13.0 Å². The molecule has 2 unspecified atom stereocenters. The zero-order chi connectivity index (χ0) is 14.4. The highest BCUT2D eigenvalue weighted by atomic mass is 16.5. The van der Waals surface area contributed by atoms with Gasteiger partial charge in [-0.1, -0.05) is 0 Å². The average molecular weight is 269 g/mol. The van der Waals surface area contributed by atoms with E-state index in [1.807, 2.05) is 0 Å². The topological polar surface area (TPSA) is 102 Å². The van der Waals surface area contributed by atoms with Gasteiger partial charge in [-0.25, -0.2) is 0 Å². The molecule has 1 aromatic carbocycles. The third-order valence-corrected chi connectivity index (χ3v) is 2.85. The van der Waals surface area contributed by atoms with E-state index in [4.69, 9.17) is 15.2 Å². The number of ether oxygens (including phenoxy) is 2. The number of benzene rings is 1. The number of nitrogens with two attached hydrogens (primary N) is 1. The average Bonchev–Trinajstić information content (AvgIpc) is 2.45. The van der Waals surface area contributed by atoms with E-state index in [9.17, 15) is 15.0 Å². The molecule has 4 N–H and O–H groups in total. The van der Waals surface area contributed by atoms with E-state index in [1.165, 1.54) is 26.4 Å². The van der Waals surface area contributed by atoms with Crippen molar-refractivity contribution >= 4 is 6.29 Å². The van der Waals surface area contributed by atoms with Crippen molar-refractivity contribution in [3.63, 3.8) is 0 Å². The van der Waals surface area contributed by atoms with E-state index in [0.717, 1.165) is 0 Å². The van der Waals surface area contributed by atoms with E-state index in [2.05, 4.69) is 0 Å². The molecule has 0 aromatic heterocycles. The quantitative estimate of drug-likeness (QED) is 0.614. The van der Waals surface area contributed by atoms with Gasteiger partial charge in [0.25, 0.3) is 0 Å². The van der Waals surface area contributed by atoms with Crippen LogP contribution in [0.3, 0.4) is 0 Å². The van der Waals surface area contributed by atoms with Crippen LogP contribution in [0.5, 0.6) is 11.5 Å². The van der Waals surface area contributed by atoms with Gasteiger partial charge in [0, 0.05) is 5.56 Å². The fourth-order valence-electron chi connectivity index (χ4n) is 1.80. The second-order valence-corrected chi connectivity index (χ2v) is 4.04. The molecule has 6 nitrogen and oxygen atoms in total. The van der Waals surface area contributed by atoms with Crippen LogP contribution in [0.4, 0.5) is 0 Å². The first-order chi connectivity index (χ1) is 9.08. The van der Waals surface area contributed by atoms with Crippen LogP contribution in [0.25, 0.3) is 0 Å². The van der Waals surface area contributed by atoms with Crippen LogP contribution in [0.2, 0.25) is 0 Å². The molecule has 0 heterocycles. The summed E-state index contributed by atoms with van der Waals surface area (Å²) in [6.45, 7) is 0.254. The summed E-state index contributed by atoms with van der Waals surface area (Å²) >= 11 is 0. The summed E-state index contributed by atoms with van der Waals surface area (Å²) in [6.07, 6.45) is -1.28. The van der Waals surface area contributed by atoms with Gasteiger partial charge in [-0.3, -0.25) is 4.79 Å². The molecule has 1 rings (SSSR count). The Kier molecular flexibility index (Phi) is 5.75. The smallest absolute Gasteiger partial charge is 0.153 e. The van der Waals surface area contributed by atoms with Crippen LogP contribution in [0.1, 0.15) is 28.4 Å². The normalized spacial score (nSPS) is 13.7. The molecule has 0 aliphatic rings. The van der Waals surface area contributed by atoms with Crippen LogP contribution in [-0.2, 0) is 0 Å². The van der Waals surface area contributed by atoms with E-state index in [0.29, 0.717) is 28.9 Å². The lowest BCUT2D eigenvalue weighted by molar-refractivity contribution is 0.0136. The predicted molar refractivity (Wildman–Crippen MR) is 69.6 cm³/mol. The molecule has 6 heteroatoms. The Bertz CT molecular complexity index is 435. The minimum Gasteiger partial charge on any atom is -0.496 e. The maximum atomic E-state index is 10.9. The summed E-state index contributed by atoms with van der Waals surface area (Å²) in [4.78, 5) is 10.9.